The maximum Gasteiger partial charge on any atom is 0.122 e. The Balaban J connectivity index is 2.37. The number of thiophene rings is 1. The van der Waals surface area contributed by atoms with Crippen molar-refractivity contribution in [3.63, 3.8) is 0 Å². The standard InChI is InChI=1S/C13H13BrO3S/c1-16-10-3-8(4-11(6-10)17-2)13(15)9-5-12(14)18-7-9/h3-7,13,15H,1-2H3. The Hall–Kier alpha value is -1.04. The monoisotopic (exact) mass is 328 g/mol. The lowest BCUT2D eigenvalue weighted by atomic mass is 10.0. The number of hydrogen-bond donors (Lipinski definition) is 1. The maximum atomic E-state index is 10.3. The van der Waals surface area contributed by atoms with Gasteiger partial charge < -0.3 is 14.6 Å². The molecule has 2 rings (SSSR count). The van der Waals surface area contributed by atoms with Gasteiger partial charge in [-0.3, -0.25) is 0 Å². The smallest absolute Gasteiger partial charge is 0.122 e. The van der Waals surface area contributed by atoms with Crippen LogP contribution in [0, 0.1) is 0 Å². The summed E-state index contributed by atoms with van der Waals surface area (Å²) in [4.78, 5) is 0. The molecule has 0 saturated carbocycles. The van der Waals surface area contributed by atoms with Crippen LogP contribution in [-0.4, -0.2) is 19.3 Å². The Labute approximate surface area is 118 Å². The first-order valence-electron chi connectivity index (χ1n) is 5.29. The number of methoxy groups -OCH3 is 2. The van der Waals surface area contributed by atoms with Gasteiger partial charge in [-0.25, -0.2) is 0 Å². The zero-order chi connectivity index (χ0) is 13.1. The molecule has 1 aromatic carbocycles. The highest BCUT2D eigenvalue weighted by molar-refractivity contribution is 9.11. The molecule has 18 heavy (non-hydrogen) atoms. The lowest BCUT2D eigenvalue weighted by Gasteiger charge is -2.13. The molecule has 0 saturated heterocycles. The van der Waals surface area contributed by atoms with Crippen LogP contribution in [0.2, 0.25) is 0 Å². The zero-order valence-electron chi connectivity index (χ0n) is 10.0. The van der Waals surface area contributed by atoms with E-state index in [4.69, 9.17) is 9.47 Å². The second-order valence-corrected chi connectivity index (χ2v) is 6.02. The third kappa shape index (κ3) is 2.85. The van der Waals surface area contributed by atoms with Gasteiger partial charge in [0.25, 0.3) is 0 Å². The van der Waals surface area contributed by atoms with Crippen molar-refractivity contribution in [3.05, 3.63) is 44.6 Å². The summed E-state index contributed by atoms with van der Waals surface area (Å²) in [7, 11) is 3.18. The first kappa shape index (κ1) is 13.4. The molecule has 5 heteroatoms. The van der Waals surface area contributed by atoms with Crippen molar-refractivity contribution >= 4 is 27.3 Å². The van der Waals surface area contributed by atoms with Crippen molar-refractivity contribution in [3.8, 4) is 11.5 Å². The van der Waals surface area contributed by atoms with Gasteiger partial charge in [-0.2, -0.15) is 0 Å². The molecule has 1 aromatic heterocycles. The molecule has 0 aliphatic heterocycles. The number of benzene rings is 1. The molecule has 0 fully saturated rings. The summed E-state index contributed by atoms with van der Waals surface area (Å²) in [6, 6.07) is 7.29. The highest BCUT2D eigenvalue weighted by Crippen LogP contribution is 2.33. The molecule has 2 aromatic rings. The van der Waals surface area contributed by atoms with E-state index < -0.39 is 6.10 Å². The van der Waals surface area contributed by atoms with E-state index in [2.05, 4.69) is 15.9 Å². The van der Waals surface area contributed by atoms with Gasteiger partial charge in [0.15, 0.2) is 0 Å². The van der Waals surface area contributed by atoms with Gasteiger partial charge in [0.1, 0.15) is 17.6 Å². The average molecular weight is 329 g/mol. The van der Waals surface area contributed by atoms with Gasteiger partial charge in [0, 0.05) is 6.07 Å². The minimum atomic E-state index is -0.684. The fourth-order valence-electron chi connectivity index (χ4n) is 1.65. The molecule has 1 unspecified atom stereocenters. The van der Waals surface area contributed by atoms with Crippen LogP contribution in [0.5, 0.6) is 11.5 Å². The molecule has 0 bridgehead atoms. The molecule has 1 heterocycles. The molecule has 96 valence electrons. The van der Waals surface area contributed by atoms with Crippen LogP contribution < -0.4 is 9.47 Å². The number of ether oxygens (including phenoxy) is 2. The van der Waals surface area contributed by atoms with E-state index in [0.29, 0.717) is 11.5 Å². The van der Waals surface area contributed by atoms with E-state index in [1.54, 1.807) is 43.8 Å². The summed E-state index contributed by atoms with van der Waals surface area (Å²) >= 11 is 4.93. The van der Waals surface area contributed by atoms with Crippen LogP contribution in [0.3, 0.4) is 0 Å². The van der Waals surface area contributed by atoms with Crippen molar-refractivity contribution < 1.29 is 14.6 Å². The van der Waals surface area contributed by atoms with Crippen LogP contribution in [0.25, 0.3) is 0 Å². The van der Waals surface area contributed by atoms with Crippen molar-refractivity contribution in [2.45, 2.75) is 6.10 Å². The van der Waals surface area contributed by atoms with Gasteiger partial charge >= 0.3 is 0 Å². The Morgan fingerprint density at radius 3 is 2.11 bits per heavy atom. The normalized spacial score (nSPS) is 12.2. The number of halogens is 1. The van der Waals surface area contributed by atoms with Crippen molar-refractivity contribution in [1.29, 1.82) is 0 Å². The first-order chi connectivity index (χ1) is 8.63. The van der Waals surface area contributed by atoms with E-state index >= 15 is 0 Å². The predicted molar refractivity (Wildman–Crippen MR) is 75.6 cm³/mol. The molecule has 0 aliphatic rings. The third-order valence-corrected chi connectivity index (χ3v) is 4.12. The Kier molecular flexibility index (Phi) is 4.27. The van der Waals surface area contributed by atoms with Crippen molar-refractivity contribution in [1.82, 2.24) is 0 Å². The molecule has 0 aliphatic carbocycles. The fourth-order valence-corrected chi connectivity index (χ4v) is 2.84. The van der Waals surface area contributed by atoms with E-state index in [0.717, 1.165) is 14.9 Å². The van der Waals surface area contributed by atoms with E-state index in [1.165, 1.54) is 0 Å². The summed E-state index contributed by atoms with van der Waals surface area (Å²) < 4.78 is 11.4. The molecular weight excluding hydrogens is 316 g/mol. The van der Waals surface area contributed by atoms with Crippen LogP contribution in [0.1, 0.15) is 17.2 Å². The first-order valence-corrected chi connectivity index (χ1v) is 6.96. The summed E-state index contributed by atoms with van der Waals surface area (Å²) in [6.07, 6.45) is -0.684. The molecular formula is C13H13BrO3S. The Morgan fingerprint density at radius 1 is 1.06 bits per heavy atom. The predicted octanol–water partition coefficient (Wildman–Crippen LogP) is 3.61. The number of rotatable bonds is 4. The molecule has 3 nitrogen and oxygen atoms in total. The van der Waals surface area contributed by atoms with Crippen LogP contribution in [0.4, 0.5) is 0 Å². The van der Waals surface area contributed by atoms with E-state index in [9.17, 15) is 5.11 Å². The highest BCUT2D eigenvalue weighted by Gasteiger charge is 2.14. The molecule has 1 atom stereocenters. The third-order valence-electron chi connectivity index (χ3n) is 2.59. The number of hydrogen-bond acceptors (Lipinski definition) is 4. The second-order valence-electron chi connectivity index (χ2n) is 3.73. The van der Waals surface area contributed by atoms with E-state index in [-0.39, 0.29) is 0 Å². The van der Waals surface area contributed by atoms with Crippen molar-refractivity contribution in [2.75, 3.05) is 14.2 Å². The number of aliphatic hydroxyl groups excluding tert-OH is 1. The summed E-state index contributed by atoms with van der Waals surface area (Å²) in [6.45, 7) is 0. The maximum absolute atomic E-state index is 10.3. The SMILES string of the molecule is COc1cc(OC)cc(C(O)c2csc(Br)c2)c1. The van der Waals surface area contributed by atoms with E-state index in [1.807, 2.05) is 11.4 Å². The minimum Gasteiger partial charge on any atom is -0.497 e. The Bertz CT molecular complexity index is 517. The number of aliphatic hydroxyl groups is 1. The van der Waals surface area contributed by atoms with Crippen LogP contribution in [0.15, 0.2) is 33.4 Å². The summed E-state index contributed by atoms with van der Waals surface area (Å²) in [5.74, 6) is 1.33. The van der Waals surface area contributed by atoms with Crippen LogP contribution in [-0.2, 0) is 0 Å². The topological polar surface area (TPSA) is 38.7 Å². The van der Waals surface area contributed by atoms with Crippen molar-refractivity contribution in [2.24, 2.45) is 0 Å². The van der Waals surface area contributed by atoms with Gasteiger partial charge in [-0.1, -0.05) is 0 Å². The molecule has 0 amide bonds. The summed E-state index contributed by atoms with van der Waals surface area (Å²) in [5.41, 5.74) is 1.60. The largest absolute Gasteiger partial charge is 0.497 e. The lowest BCUT2D eigenvalue weighted by Crippen LogP contribution is -1.99. The summed E-state index contributed by atoms with van der Waals surface area (Å²) in [5, 5.41) is 12.2. The van der Waals surface area contributed by atoms with Gasteiger partial charge in [0.05, 0.1) is 18.0 Å². The van der Waals surface area contributed by atoms with Gasteiger partial charge in [0.2, 0.25) is 0 Å². The van der Waals surface area contributed by atoms with Gasteiger partial charge in [-0.15, -0.1) is 11.3 Å². The zero-order valence-corrected chi connectivity index (χ0v) is 12.4. The minimum absolute atomic E-state index is 0.665. The van der Waals surface area contributed by atoms with Gasteiger partial charge in [-0.05, 0) is 50.6 Å². The fraction of sp³-hybridized carbons (Fsp3) is 0.231. The molecule has 0 spiro atoms. The molecule has 1 N–H and O–H groups in total. The average Bonchev–Trinajstić information content (AvgIpc) is 2.83. The Morgan fingerprint density at radius 2 is 1.67 bits per heavy atom. The quantitative estimate of drug-likeness (QED) is 0.931. The lowest BCUT2D eigenvalue weighted by molar-refractivity contribution is 0.219. The highest BCUT2D eigenvalue weighted by atomic mass is 79.9. The second kappa shape index (κ2) is 5.73. The van der Waals surface area contributed by atoms with Crippen LogP contribution >= 0.6 is 27.3 Å². The molecule has 0 radical (unpaired) electrons.